The number of carbonyl (C=O) groups excluding carboxylic acids is 1. The Balaban J connectivity index is 1.28. The van der Waals surface area contributed by atoms with E-state index < -0.39 is 0 Å². The topological polar surface area (TPSA) is 67.0 Å². The molecule has 182 valence electrons. The molecule has 1 aliphatic rings. The van der Waals surface area contributed by atoms with Crippen LogP contribution in [-0.2, 0) is 4.74 Å². The van der Waals surface area contributed by atoms with Gasteiger partial charge in [0.15, 0.2) is 0 Å². The molecule has 0 spiro atoms. The standard InChI is InChI=1S/C29H26FN3O2S/c1-17(19-3-2-4-22(30)13-19)32-28(34)24-16-31-25-7-5-20(14-23(24)25)21-6-8-26-27(15-21)36-29(33-26)18-9-11-35-12-10-18/h2-8,13-18,31H,9-12H2,1H3,(H,32,34). The number of carbonyl (C=O) groups is 1. The number of fused-ring (bicyclic) bond motifs is 2. The molecule has 36 heavy (non-hydrogen) atoms. The summed E-state index contributed by atoms with van der Waals surface area (Å²) in [4.78, 5) is 21.2. The number of nitrogens with zero attached hydrogens (tertiary/aromatic N) is 1. The molecule has 6 rings (SSSR count). The summed E-state index contributed by atoms with van der Waals surface area (Å²) in [5, 5.41) is 5.04. The molecule has 3 heterocycles. The van der Waals surface area contributed by atoms with E-state index in [0.29, 0.717) is 11.5 Å². The smallest absolute Gasteiger partial charge is 0.253 e. The highest BCUT2D eigenvalue weighted by atomic mass is 32.1. The molecule has 1 amide bonds. The van der Waals surface area contributed by atoms with E-state index in [-0.39, 0.29) is 17.8 Å². The van der Waals surface area contributed by atoms with Crippen molar-refractivity contribution >= 4 is 38.4 Å². The Hall–Kier alpha value is -3.55. The lowest BCUT2D eigenvalue weighted by molar-refractivity contribution is 0.0853. The van der Waals surface area contributed by atoms with Crippen molar-refractivity contribution in [1.82, 2.24) is 15.3 Å². The maximum atomic E-state index is 13.6. The summed E-state index contributed by atoms with van der Waals surface area (Å²) in [5.41, 5.74) is 5.34. The van der Waals surface area contributed by atoms with E-state index in [1.165, 1.54) is 21.8 Å². The summed E-state index contributed by atoms with van der Waals surface area (Å²) in [5.74, 6) is -0.0380. The lowest BCUT2D eigenvalue weighted by atomic mass is 10.0. The lowest BCUT2D eigenvalue weighted by Gasteiger charge is -2.19. The van der Waals surface area contributed by atoms with Gasteiger partial charge in [-0.1, -0.05) is 24.3 Å². The van der Waals surface area contributed by atoms with E-state index in [0.717, 1.165) is 59.2 Å². The van der Waals surface area contributed by atoms with Crippen LogP contribution in [0.3, 0.4) is 0 Å². The van der Waals surface area contributed by atoms with Crippen LogP contribution in [0, 0.1) is 5.82 Å². The van der Waals surface area contributed by atoms with Crippen LogP contribution >= 0.6 is 11.3 Å². The fourth-order valence-electron chi connectivity index (χ4n) is 4.86. The molecule has 0 saturated carbocycles. The summed E-state index contributed by atoms with van der Waals surface area (Å²) in [6, 6.07) is 18.5. The highest BCUT2D eigenvalue weighted by Crippen LogP contribution is 2.36. The molecule has 0 aliphatic carbocycles. The molecule has 5 aromatic rings. The summed E-state index contributed by atoms with van der Waals surface area (Å²) in [6.07, 6.45) is 3.79. The molecular formula is C29H26FN3O2S. The van der Waals surface area contributed by atoms with Crippen LogP contribution in [0.1, 0.15) is 52.7 Å². The highest BCUT2D eigenvalue weighted by molar-refractivity contribution is 7.18. The normalized spacial score (nSPS) is 15.4. The quantitative estimate of drug-likeness (QED) is 0.274. The first-order valence-electron chi connectivity index (χ1n) is 12.2. The van der Waals surface area contributed by atoms with E-state index in [1.807, 2.05) is 19.1 Å². The molecule has 1 fully saturated rings. The largest absolute Gasteiger partial charge is 0.381 e. The third-order valence-corrected chi connectivity index (χ3v) is 8.11. The fourth-order valence-corrected chi connectivity index (χ4v) is 6.04. The number of hydrogen-bond donors (Lipinski definition) is 2. The number of hydrogen-bond acceptors (Lipinski definition) is 4. The van der Waals surface area contributed by atoms with Gasteiger partial charge in [0, 0.05) is 36.2 Å². The molecule has 2 aromatic heterocycles. The maximum absolute atomic E-state index is 13.6. The maximum Gasteiger partial charge on any atom is 0.253 e. The van der Waals surface area contributed by atoms with Crippen LogP contribution in [-0.4, -0.2) is 29.1 Å². The zero-order valence-corrected chi connectivity index (χ0v) is 20.7. The van der Waals surface area contributed by atoms with Crippen LogP contribution in [0.5, 0.6) is 0 Å². The minimum atomic E-state index is -0.319. The van der Waals surface area contributed by atoms with Crippen molar-refractivity contribution in [3.05, 3.63) is 88.8 Å². The van der Waals surface area contributed by atoms with Gasteiger partial charge in [0.1, 0.15) is 5.82 Å². The molecule has 1 saturated heterocycles. The number of aromatic nitrogens is 2. The number of nitrogens with one attached hydrogen (secondary N) is 2. The number of H-pyrrole nitrogens is 1. The first kappa shape index (κ1) is 22.9. The van der Waals surface area contributed by atoms with Crippen molar-refractivity contribution in [2.45, 2.75) is 31.7 Å². The summed E-state index contributed by atoms with van der Waals surface area (Å²) >= 11 is 1.77. The molecule has 1 atom stereocenters. The zero-order valence-electron chi connectivity index (χ0n) is 19.9. The predicted octanol–water partition coefficient (Wildman–Crippen LogP) is 6.97. The number of thiazole rings is 1. The molecule has 7 heteroatoms. The Kier molecular flexibility index (Phi) is 6.03. The Morgan fingerprint density at radius 2 is 1.92 bits per heavy atom. The van der Waals surface area contributed by atoms with Crippen LogP contribution < -0.4 is 5.32 Å². The third-order valence-electron chi connectivity index (χ3n) is 6.93. The van der Waals surface area contributed by atoms with Gasteiger partial charge in [-0.3, -0.25) is 4.79 Å². The monoisotopic (exact) mass is 499 g/mol. The van der Waals surface area contributed by atoms with Crippen molar-refractivity contribution in [2.24, 2.45) is 0 Å². The van der Waals surface area contributed by atoms with E-state index in [1.54, 1.807) is 23.6 Å². The van der Waals surface area contributed by atoms with Gasteiger partial charge in [0.05, 0.1) is 26.8 Å². The van der Waals surface area contributed by atoms with Crippen molar-refractivity contribution in [1.29, 1.82) is 0 Å². The second-order valence-electron chi connectivity index (χ2n) is 9.33. The van der Waals surface area contributed by atoms with Gasteiger partial charge in [-0.15, -0.1) is 11.3 Å². The predicted molar refractivity (Wildman–Crippen MR) is 142 cm³/mol. The molecule has 1 aliphatic heterocycles. The van der Waals surface area contributed by atoms with Crippen LogP contribution in [0.15, 0.2) is 66.9 Å². The molecule has 2 N–H and O–H groups in total. The first-order valence-corrected chi connectivity index (χ1v) is 13.0. The van der Waals surface area contributed by atoms with Crippen molar-refractivity contribution in [2.75, 3.05) is 13.2 Å². The first-order chi connectivity index (χ1) is 17.5. The van der Waals surface area contributed by atoms with Gasteiger partial charge < -0.3 is 15.0 Å². The Labute approximate surface area is 212 Å². The van der Waals surface area contributed by atoms with Crippen molar-refractivity contribution < 1.29 is 13.9 Å². The minimum absolute atomic E-state index is 0.200. The van der Waals surface area contributed by atoms with Crippen LogP contribution in [0.4, 0.5) is 4.39 Å². The lowest BCUT2D eigenvalue weighted by Crippen LogP contribution is -2.26. The zero-order chi connectivity index (χ0) is 24.6. The van der Waals surface area contributed by atoms with Crippen LogP contribution in [0.2, 0.25) is 0 Å². The van der Waals surface area contributed by atoms with Gasteiger partial charge in [0.25, 0.3) is 5.91 Å². The second-order valence-corrected chi connectivity index (χ2v) is 10.4. The van der Waals surface area contributed by atoms with Crippen LogP contribution in [0.25, 0.3) is 32.2 Å². The summed E-state index contributed by atoms with van der Waals surface area (Å²) < 4.78 is 20.3. The number of halogens is 1. The minimum Gasteiger partial charge on any atom is -0.381 e. The third kappa shape index (κ3) is 4.40. The van der Waals surface area contributed by atoms with Gasteiger partial charge in [-0.2, -0.15) is 0 Å². The van der Waals surface area contributed by atoms with Gasteiger partial charge in [-0.05, 0) is 72.9 Å². The molecule has 0 radical (unpaired) electrons. The van der Waals surface area contributed by atoms with Gasteiger partial charge >= 0.3 is 0 Å². The number of amides is 1. The Morgan fingerprint density at radius 1 is 1.11 bits per heavy atom. The average Bonchev–Trinajstić information content (AvgIpc) is 3.52. The Bertz CT molecular complexity index is 1570. The Morgan fingerprint density at radius 3 is 2.75 bits per heavy atom. The molecule has 5 nitrogen and oxygen atoms in total. The fraction of sp³-hybridized carbons (Fsp3) is 0.241. The average molecular weight is 500 g/mol. The summed E-state index contributed by atoms with van der Waals surface area (Å²) in [6.45, 7) is 3.46. The van der Waals surface area contributed by atoms with Gasteiger partial charge in [0.2, 0.25) is 0 Å². The number of aromatic amines is 1. The van der Waals surface area contributed by atoms with E-state index in [4.69, 9.17) is 9.72 Å². The number of ether oxygens (including phenoxy) is 1. The number of benzene rings is 3. The number of rotatable bonds is 5. The molecule has 1 unspecified atom stereocenters. The van der Waals surface area contributed by atoms with E-state index >= 15 is 0 Å². The molecule has 0 bridgehead atoms. The summed E-state index contributed by atoms with van der Waals surface area (Å²) in [7, 11) is 0. The van der Waals surface area contributed by atoms with E-state index in [2.05, 4.69) is 40.6 Å². The van der Waals surface area contributed by atoms with E-state index in [9.17, 15) is 9.18 Å². The highest BCUT2D eigenvalue weighted by Gasteiger charge is 2.20. The second kappa shape index (κ2) is 9.48. The van der Waals surface area contributed by atoms with Gasteiger partial charge in [-0.25, -0.2) is 9.37 Å². The van der Waals surface area contributed by atoms with Crippen molar-refractivity contribution in [3.8, 4) is 11.1 Å². The molecule has 3 aromatic carbocycles. The van der Waals surface area contributed by atoms with Crippen molar-refractivity contribution in [3.63, 3.8) is 0 Å². The SMILES string of the molecule is CC(NC(=O)c1c[nH]c2ccc(-c3ccc4nc(C5CCOCC5)sc4c3)cc12)c1cccc(F)c1. The molecular weight excluding hydrogens is 473 g/mol.